The summed E-state index contributed by atoms with van der Waals surface area (Å²) in [4.78, 5) is 18.0. The third-order valence-electron chi connectivity index (χ3n) is 6.70. The highest BCUT2D eigenvalue weighted by molar-refractivity contribution is 6.05. The number of aliphatic hydroxyl groups excluding tert-OH is 1. The number of pyridine rings is 1. The molecule has 0 atom stereocenters. The molecule has 0 unspecified atom stereocenters. The van der Waals surface area contributed by atoms with Gasteiger partial charge in [0, 0.05) is 28.3 Å². The van der Waals surface area contributed by atoms with Crippen molar-refractivity contribution in [2.45, 2.75) is 20.1 Å². The Morgan fingerprint density at radius 3 is 2.23 bits per heavy atom. The molecule has 5 aromatic rings. The van der Waals surface area contributed by atoms with Crippen LogP contribution in [0, 0.1) is 6.92 Å². The molecule has 2 heterocycles. The smallest absolute Gasteiger partial charge is 0.255 e. The summed E-state index contributed by atoms with van der Waals surface area (Å²) in [5, 5.41) is 18.3. The number of carbonyl (C=O) groups excluding carboxylic acids is 1. The molecule has 9 nitrogen and oxygen atoms in total. The number of carbonyl (C=O) groups is 1. The van der Waals surface area contributed by atoms with Crippen molar-refractivity contribution in [2.24, 2.45) is 0 Å². The summed E-state index contributed by atoms with van der Waals surface area (Å²) >= 11 is 0. The van der Waals surface area contributed by atoms with Gasteiger partial charge in [0.1, 0.15) is 17.2 Å². The van der Waals surface area contributed by atoms with Crippen molar-refractivity contribution < 1.29 is 24.1 Å². The molecule has 5 rings (SSSR count). The zero-order valence-electron chi connectivity index (χ0n) is 22.8. The number of hydrogen-bond acceptors (Lipinski definition) is 7. The summed E-state index contributed by atoms with van der Waals surface area (Å²) < 4.78 is 17.6. The molecule has 1 amide bonds. The molecule has 0 aliphatic carbocycles. The van der Waals surface area contributed by atoms with Gasteiger partial charge < -0.3 is 24.6 Å². The lowest BCUT2D eigenvalue weighted by Gasteiger charge is -2.12. The summed E-state index contributed by atoms with van der Waals surface area (Å²) in [7, 11) is 4.71. The van der Waals surface area contributed by atoms with E-state index in [-0.39, 0.29) is 12.5 Å². The topological polar surface area (TPSA) is 108 Å². The van der Waals surface area contributed by atoms with Crippen LogP contribution in [0.3, 0.4) is 0 Å². The lowest BCUT2D eigenvalue weighted by molar-refractivity contribution is 0.102. The van der Waals surface area contributed by atoms with Crippen LogP contribution in [0.4, 0.5) is 5.69 Å². The molecule has 0 bridgehead atoms. The van der Waals surface area contributed by atoms with Crippen molar-refractivity contribution in [1.29, 1.82) is 0 Å². The molecule has 0 fully saturated rings. The normalized spacial score (nSPS) is 10.9. The van der Waals surface area contributed by atoms with Gasteiger partial charge in [0.05, 0.1) is 45.9 Å². The SMILES string of the molecule is COc1ccc(Cn2nc(CO)c3ccc(-c4cc(NC(=O)c5cc(OC)cc(OC)c5)ccc4C)nc32)cc1. The Morgan fingerprint density at radius 2 is 1.57 bits per heavy atom. The van der Waals surface area contributed by atoms with Gasteiger partial charge in [-0.05, 0) is 66.6 Å². The second-order valence-corrected chi connectivity index (χ2v) is 9.26. The Balaban J connectivity index is 1.47. The molecule has 0 aliphatic heterocycles. The van der Waals surface area contributed by atoms with Crippen LogP contribution in [0.25, 0.3) is 22.3 Å². The predicted molar refractivity (Wildman–Crippen MR) is 153 cm³/mol. The van der Waals surface area contributed by atoms with Gasteiger partial charge in [-0.15, -0.1) is 0 Å². The van der Waals surface area contributed by atoms with Crippen LogP contribution in [-0.4, -0.2) is 47.1 Å². The Morgan fingerprint density at radius 1 is 0.875 bits per heavy atom. The average Bonchev–Trinajstić information content (AvgIpc) is 3.34. The molecule has 0 saturated heterocycles. The maximum atomic E-state index is 13.1. The minimum Gasteiger partial charge on any atom is -0.497 e. The molecule has 0 spiro atoms. The van der Waals surface area contributed by atoms with Crippen molar-refractivity contribution in [3.05, 3.63) is 95.2 Å². The van der Waals surface area contributed by atoms with Crippen LogP contribution in [-0.2, 0) is 13.2 Å². The fourth-order valence-corrected chi connectivity index (χ4v) is 4.52. The lowest BCUT2D eigenvalue weighted by atomic mass is 10.0. The van der Waals surface area contributed by atoms with Gasteiger partial charge in [0.25, 0.3) is 5.91 Å². The number of anilines is 1. The number of nitrogens with one attached hydrogen (secondary N) is 1. The van der Waals surface area contributed by atoms with Crippen molar-refractivity contribution in [3.63, 3.8) is 0 Å². The van der Waals surface area contributed by atoms with E-state index in [9.17, 15) is 9.90 Å². The summed E-state index contributed by atoms with van der Waals surface area (Å²) in [6.45, 7) is 2.28. The number of aryl methyl sites for hydroxylation is 1. The maximum absolute atomic E-state index is 13.1. The molecule has 0 radical (unpaired) electrons. The summed E-state index contributed by atoms with van der Waals surface area (Å²) in [5.41, 5.74) is 5.88. The molecule has 0 aliphatic rings. The maximum Gasteiger partial charge on any atom is 0.255 e. The zero-order chi connectivity index (χ0) is 28.2. The minimum atomic E-state index is -0.291. The second kappa shape index (κ2) is 11.5. The Hall–Kier alpha value is -4.89. The Labute approximate surface area is 232 Å². The third-order valence-corrected chi connectivity index (χ3v) is 6.70. The highest BCUT2D eigenvalue weighted by Crippen LogP contribution is 2.29. The van der Waals surface area contributed by atoms with E-state index < -0.39 is 0 Å². The van der Waals surface area contributed by atoms with E-state index >= 15 is 0 Å². The van der Waals surface area contributed by atoms with Crippen LogP contribution in [0.1, 0.15) is 27.2 Å². The monoisotopic (exact) mass is 538 g/mol. The van der Waals surface area contributed by atoms with Gasteiger partial charge in [0.15, 0.2) is 5.65 Å². The quantitative estimate of drug-likeness (QED) is 0.265. The predicted octanol–water partition coefficient (Wildman–Crippen LogP) is 5.23. The molecule has 40 heavy (non-hydrogen) atoms. The summed E-state index contributed by atoms with van der Waals surface area (Å²) in [5.74, 6) is 1.54. The van der Waals surface area contributed by atoms with Gasteiger partial charge >= 0.3 is 0 Å². The minimum absolute atomic E-state index is 0.192. The van der Waals surface area contributed by atoms with E-state index in [1.165, 1.54) is 0 Å². The molecule has 2 N–H and O–H groups in total. The first-order chi connectivity index (χ1) is 19.4. The van der Waals surface area contributed by atoms with Gasteiger partial charge in [0.2, 0.25) is 0 Å². The van der Waals surface area contributed by atoms with Crippen molar-refractivity contribution in [3.8, 4) is 28.5 Å². The fraction of sp³-hybridized carbons (Fsp3) is 0.194. The molecule has 3 aromatic carbocycles. The van der Waals surface area contributed by atoms with E-state index in [1.807, 2.05) is 61.5 Å². The van der Waals surface area contributed by atoms with Crippen molar-refractivity contribution >= 4 is 22.6 Å². The van der Waals surface area contributed by atoms with E-state index in [4.69, 9.17) is 19.2 Å². The zero-order valence-corrected chi connectivity index (χ0v) is 22.8. The van der Waals surface area contributed by atoms with Crippen LogP contribution in [0.5, 0.6) is 17.2 Å². The second-order valence-electron chi connectivity index (χ2n) is 9.26. The molecule has 204 valence electrons. The lowest BCUT2D eigenvalue weighted by Crippen LogP contribution is -2.12. The number of nitrogens with zero attached hydrogens (tertiary/aromatic N) is 3. The number of rotatable bonds is 9. The summed E-state index contributed by atoms with van der Waals surface area (Å²) in [6.07, 6.45) is 0. The molecule has 9 heteroatoms. The molecule has 2 aromatic heterocycles. The number of amides is 1. The van der Waals surface area contributed by atoms with Gasteiger partial charge in [-0.3, -0.25) is 4.79 Å². The standard InChI is InChI=1S/C31H30N4O5/c1-19-5-8-22(32-31(37)21-13-24(39-3)16-25(14-21)40-4)15-27(19)28-12-11-26-29(18-36)34-35(30(26)33-28)17-20-6-9-23(38-2)10-7-20/h5-16,36H,17-18H2,1-4H3,(H,32,37). The first-order valence-electron chi connectivity index (χ1n) is 12.7. The summed E-state index contributed by atoms with van der Waals surface area (Å²) in [6, 6.07) is 22.3. The van der Waals surface area contributed by atoms with Gasteiger partial charge in [-0.1, -0.05) is 18.2 Å². The van der Waals surface area contributed by atoms with E-state index in [1.54, 1.807) is 44.2 Å². The van der Waals surface area contributed by atoms with E-state index in [2.05, 4.69) is 10.4 Å². The Kier molecular flexibility index (Phi) is 7.65. The third kappa shape index (κ3) is 5.45. The number of methoxy groups -OCH3 is 3. The molecular weight excluding hydrogens is 508 g/mol. The van der Waals surface area contributed by atoms with E-state index in [0.29, 0.717) is 40.6 Å². The highest BCUT2D eigenvalue weighted by Gasteiger charge is 2.16. The van der Waals surface area contributed by atoms with E-state index in [0.717, 1.165) is 33.5 Å². The van der Waals surface area contributed by atoms with Crippen molar-refractivity contribution in [2.75, 3.05) is 26.6 Å². The van der Waals surface area contributed by atoms with Crippen LogP contribution >= 0.6 is 0 Å². The van der Waals surface area contributed by atoms with Gasteiger partial charge in [-0.25, -0.2) is 9.67 Å². The van der Waals surface area contributed by atoms with Crippen LogP contribution < -0.4 is 19.5 Å². The highest BCUT2D eigenvalue weighted by atomic mass is 16.5. The Bertz CT molecular complexity index is 1660. The number of aliphatic hydroxyl groups is 1. The fourth-order valence-electron chi connectivity index (χ4n) is 4.52. The van der Waals surface area contributed by atoms with Crippen LogP contribution in [0.2, 0.25) is 0 Å². The largest absolute Gasteiger partial charge is 0.497 e. The van der Waals surface area contributed by atoms with Crippen LogP contribution in [0.15, 0.2) is 72.8 Å². The number of fused-ring (bicyclic) bond motifs is 1. The van der Waals surface area contributed by atoms with Crippen molar-refractivity contribution in [1.82, 2.24) is 14.8 Å². The number of hydrogen-bond donors (Lipinski definition) is 2. The number of ether oxygens (including phenoxy) is 3. The average molecular weight is 539 g/mol. The molecule has 0 saturated carbocycles. The first-order valence-corrected chi connectivity index (χ1v) is 12.7. The molecular formula is C31H30N4O5. The van der Waals surface area contributed by atoms with Gasteiger partial charge in [-0.2, -0.15) is 5.10 Å². The number of benzene rings is 3. The first kappa shape index (κ1) is 26.7. The number of aromatic nitrogens is 3.